The van der Waals surface area contributed by atoms with Crippen LogP contribution in [0.4, 0.5) is 0 Å². The van der Waals surface area contributed by atoms with Crippen molar-refractivity contribution in [3.05, 3.63) is 134 Å². The van der Waals surface area contributed by atoms with Crippen LogP contribution in [0.5, 0.6) is 0 Å². The Morgan fingerprint density at radius 3 is 0.895 bits per heavy atom. The van der Waals surface area contributed by atoms with Gasteiger partial charge in [-0.15, -0.1) is 0 Å². The molecule has 2 unspecified atom stereocenters. The fraction of sp³-hybridized carbons (Fsp3) is 0.709. The van der Waals surface area contributed by atoms with Gasteiger partial charge in [0.1, 0.15) is 13.2 Å². The number of hydrogen-bond acceptors (Lipinski definition) is 8. The maximum Gasteiger partial charge on any atom is 0.306 e. The Morgan fingerprint density at radius 2 is 0.600 bits per heavy atom. The lowest BCUT2D eigenvalue weighted by Gasteiger charge is -2.26. The van der Waals surface area contributed by atoms with Gasteiger partial charge >= 0.3 is 11.9 Å². The van der Waals surface area contributed by atoms with Crippen molar-refractivity contribution in [2.24, 2.45) is 0 Å². The molecular weight excluding hydrogens is 1170 g/mol. The maximum atomic E-state index is 13.0. The summed E-state index contributed by atoms with van der Waals surface area (Å²) in [5, 5.41) is 11.9. The van der Waals surface area contributed by atoms with E-state index in [1.54, 1.807) is 0 Å². The number of hydrogen-bond donors (Lipinski definition) is 0. The SMILES string of the molecule is CC/C=C\C/C=C\C/C=C\C/C=C\C/C=C\C/C=C\C/C=C\C/C=C\C/C=C\CCCCCCCCCCCCCC(=O)OC(COC(=O)CCCCCCCCCCCCCCCCCCCCC/C=C\C/C=C\CCCCCCC)COC(OCC[N+](C)(C)C)C(=O)[O-]. The number of unbranched alkanes of at least 4 members (excludes halogenated alkanes) is 35. The average Bonchev–Trinajstić information content (AvgIpc) is 2.92. The summed E-state index contributed by atoms with van der Waals surface area (Å²) in [5.41, 5.74) is 0. The quantitative estimate of drug-likeness (QED) is 0.0195. The van der Waals surface area contributed by atoms with E-state index < -0.39 is 24.3 Å². The Labute approximate surface area is 586 Å². The molecule has 0 bridgehead atoms. The Kier molecular flexibility index (Phi) is 71.6. The third-order valence-electron chi connectivity index (χ3n) is 16.9. The lowest BCUT2D eigenvalue weighted by molar-refractivity contribution is -0.870. The standard InChI is InChI=1S/C86H147NO8/c1-6-8-10-12-14-16-18-20-22-24-26-28-30-32-34-36-38-39-40-41-42-43-44-45-47-49-51-53-55-57-59-61-63-65-67-69-71-73-75-77-84(89)95-82(81-94-86(85(90)91)92-79-78-87(3,4)5)80-93-83(88)76-74-72-70-68-66-64-62-60-58-56-54-52-50-48-46-37-35-33-31-29-27-25-23-21-19-17-15-13-11-9-7-2/h8,10,14,16,19-22,25-28,32,34,38-39,41-42,44-45,49,51,82,86H,6-7,9,11-13,15,17-18,23-24,29-31,33,35-37,40,43,46-48,50,52-81H2,1-5H3/b10-8-,16-14-,21-19-,22-20-,27-25-,28-26-,34-32-,39-38-,42-41-,45-44-,51-49-. The zero-order chi connectivity index (χ0) is 69.0. The summed E-state index contributed by atoms with van der Waals surface area (Å²) in [6, 6.07) is 0. The van der Waals surface area contributed by atoms with Gasteiger partial charge in [0.2, 0.25) is 0 Å². The molecule has 0 aliphatic rings. The number of quaternary nitrogens is 1. The Bertz CT molecular complexity index is 2030. The first-order valence-electron chi connectivity index (χ1n) is 39.3. The van der Waals surface area contributed by atoms with Crippen LogP contribution in [-0.4, -0.2) is 82.3 Å². The van der Waals surface area contributed by atoms with E-state index >= 15 is 0 Å². The predicted molar refractivity (Wildman–Crippen MR) is 407 cm³/mol. The second kappa shape index (κ2) is 75.2. The molecule has 9 nitrogen and oxygen atoms in total. The Balaban J connectivity index is 4.08. The van der Waals surface area contributed by atoms with Gasteiger partial charge in [0.25, 0.3) is 0 Å². The summed E-state index contributed by atoms with van der Waals surface area (Å²) in [4.78, 5) is 37.6. The average molecular weight is 1320 g/mol. The summed E-state index contributed by atoms with van der Waals surface area (Å²) in [6.07, 6.45) is 106. The third-order valence-corrected chi connectivity index (χ3v) is 16.9. The number of carbonyl (C=O) groups is 3. The number of esters is 2. The summed E-state index contributed by atoms with van der Waals surface area (Å²) < 4.78 is 22.9. The van der Waals surface area contributed by atoms with Crippen molar-refractivity contribution in [3.8, 4) is 0 Å². The number of carboxylic acids is 1. The second-order valence-electron chi connectivity index (χ2n) is 27.3. The van der Waals surface area contributed by atoms with Crippen molar-refractivity contribution in [2.75, 3.05) is 47.5 Å². The minimum Gasteiger partial charge on any atom is -0.545 e. The zero-order valence-corrected chi connectivity index (χ0v) is 62.3. The van der Waals surface area contributed by atoms with E-state index in [2.05, 4.69) is 148 Å². The smallest absolute Gasteiger partial charge is 0.306 e. The summed E-state index contributed by atoms with van der Waals surface area (Å²) >= 11 is 0. The highest BCUT2D eigenvalue weighted by Gasteiger charge is 2.22. The van der Waals surface area contributed by atoms with Gasteiger partial charge in [-0.25, -0.2) is 0 Å². The number of ether oxygens (including phenoxy) is 4. The van der Waals surface area contributed by atoms with Gasteiger partial charge in [0.15, 0.2) is 12.4 Å². The molecule has 0 saturated carbocycles. The van der Waals surface area contributed by atoms with Crippen molar-refractivity contribution in [1.29, 1.82) is 0 Å². The minimum atomic E-state index is -1.63. The number of aliphatic carboxylic acids is 1. The molecule has 0 aliphatic carbocycles. The Hall–Kier alpha value is -4.57. The van der Waals surface area contributed by atoms with Crippen LogP contribution in [0.25, 0.3) is 0 Å². The van der Waals surface area contributed by atoms with Crippen LogP contribution in [0.1, 0.15) is 335 Å². The second-order valence-corrected chi connectivity index (χ2v) is 27.3. The molecule has 544 valence electrons. The highest BCUT2D eigenvalue weighted by Crippen LogP contribution is 2.18. The molecule has 0 saturated heterocycles. The summed E-state index contributed by atoms with van der Waals surface area (Å²) in [5.74, 6) is -2.28. The lowest BCUT2D eigenvalue weighted by Crippen LogP contribution is -2.44. The molecule has 95 heavy (non-hydrogen) atoms. The van der Waals surface area contributed by atoms with Crippen molar-refractivity contribution >= 4 is 17.9 Å². The molecule has 0 amide bonds. The van der Waals surface area contributed by atoms with Gasteiger partial charge in [-0.05, 0) is 116 Å². The van der Waals surface area contributed by atoms with E-state index in [-0.39, 0.29) is 38.6 Å². The molecule has 0 aliphatic heterocycles. The number of allylic oxidation sites excluding steroid dienone is 22. The van der Waals surface area contributed by atoms with Gasteiger partial charge in [-0.2, -0.15) is 0 Å². The van der Waals surface area contributed by atoms with E-state index in [0.717, 1.165) is 109 Å². The van der Waals surface area contributed by atoms with Crippen molar-refractivity contribution < 1.29 is 42.9 Å². The molecule has 0 spiro atoms. The molecule has 9 heteroatoms. The van der Waals surface area contributed by atoms with E-state index in [0.29, 0.717) is 17.4 Å². The van der Waals surface area contributed by atoms with E-state index in [1.165, 1.54) is 193 Å². The monoisotopic (exact) mass is 1320 g/mol. The van der Waals surface area contributed by atoms with Crippen molar-refractivity contribution in [1.82, 2.24) is 0 Å². The van der Waals surface area contributed by atoms with Gasteiger partial charge in [-0.3, -0.25) is 9.59 Å². The third kappa shape index (κ3) is 76.7. The fourth-order valence-corrected chi connectivity index (χ4v) is 10.9. The van der Waals surface area contributed by atoms with Crippen LogP contribution < -0.4 is 5.11 Å². The molecule has 0 aromatic rings. The summed E-state index contributed by atoms with van der Waals surface area (Å²) in [6.45, 7) is 4.65. The molecule has 2 atom stereocenters. The van der Waals surface area contributed by atoms with Crippen molar-refractivity contribution in [2.45, 2.75) is 347 Å². The van der Waals surface area contributed by atoms with Crippen LogP contribution in [0.15, 0.2) is 134 Å². The predicted octanol–water partition coefficient (Wildman–Crippen LogP) is 23.9. The molecule has 0 heterocycles. The van der Waals surface area contributed by atoms with Gasteiger partial charge in [0.05, 0.1) is 40.3 Å². The first-order valence-corrected chi connectivity index (χ1v) is 39.3. The molecule has 0 aromatic heterocycles. The zero-order valence-electron chi connectivity index (χ0n) is 62.3. The van der Waals surface area contributed by atoms with E-state index in [1.807, 2.05) is 21.1 Å². The number of likely N-dealkylation sites (N-methyl/N-ethyl adjacent to an activating group) is 1. The highest BCUT2D eigenvalue weighted by molar-refractivity contribution is 5.70. The molecular formula is C86H147NO8. The molecule has 0 N–H and O–H groups in total. The minimum absolute atomic E-state index is 0.143. The number of carboxylic acid groups (broad SMARTS) is 1. The topological polar surface area (TPSA) is 111 Å². The van der Waals surface area contributed by atoms with Gasteiger partial charge in [0, 0.05) is 12.8 Å². The first kappa shape index (κ1) is 90.4. The fourth-order valence-electron chi connectivity index (χ4n) is 10.9. The highest BCUT2D eigenvalue weighted by atomic mass is 16.7. The van der Waals surface area contributed by atoms with Crippen LogP contribution >= 0.6 is 0 Å². The molecule has 0 fully saturated rings. The largest absolute Gasteiger partial charge is 0.545 e. The lowest BCUT2D eigenvalue weighted by atomic mass is 10.0. The molecule has 0 aromatic carbocycles. The van der Waals surface area contributed by atoms with Gasteiger partial charge in [-0.1, -0.05) is 340 Å². The maximum absolute atomic E-state index is 13.0. The number of rotatable bonds is 72. The van der Waals surface area contributed by atoms with E-state index in [4.69, 9.17) is 18.9 Å². The normalized spacial score (nSPS) is 13.4. The van der Waals surface area contributed by atoms with Gasteiger partial charge < -0.3 is 33.3 Å². The van der Waals surface area contributed by atoms with Crippen molar-refractivity contribution in [3.63, 3.8) is 0 Å². The Morgan fingerprint density at radius 1 is 0.326 bits per heavy atom. The van der Waals surface area contributed by atoms with E-state index in [9.17, 15) is 19.5 Å². The molecule has 0 radical (unpaired) electrons. The van der Waals surface area contributed by atoms with Crippen LogP contribution in [0, 0.1) is 0 Å². The summed E-state index contributed by atoms with van der Waals surface area (Å²) in [7, 11) is 5.93. The first-order chi connectivity index (χ1) is 46.6. The number of nitrogens with zero attached hydrogens (tertiary/aromatic N) is 1. The number of carbonyl (C=O) groups excluding carboxylic acids is 3. The van der Waals surface area contributed by atoms with Crippen LogP contribution in [0.2, 0.25) is 0 Å². The van der Waals surface area contributed by atoms with Crippen LogP contribution in [0.3, 0.4) is 0 Å². The molecule has 0 rings (SSSR count). The van der Waals surface area contributed by atoms with Crippen LogP contribution in [-0.2, 0) is 33.3 Å².